The van der Waals surface area contributed by atoms with Crippen LogP contribution >= 0.6 is 0 Å². The van der Waals surface area contributed by atoms with Gasteiger partial charge in [-0.3, -0.25) is 4.18 Å². The molecule has 8 heteroatoms. The molecule has 0 spiro atoms. The Morgan fingerprint density at radius 2 is 1.68 bits per heavy atom. The average molecular weight is 404 g/mol. The number of amides is 2. The molecule has 0 aliphatic carbocycles. The maximum atomic E-state index is 13.0. The summed E-state index contributed by atoms with van der Waals surface area (Å²) in [6, 6.07) is 13.7. The van der Waals surface area contributed by atoms with E-state index >= 15 is 0 Å². The standard InChI is InChI=1S/C20H21NO6S/c1-14-8-10-18(11-9-14)28(25,26)27-17-12-15(2)21(13-17,20(23)24)19(22)16-6-4-3-5-7-16/h3-11,15,17H,12-13H2,1-2H3/p+1/t15-,17-,21-/m1/s1. The van der Waals surface area contributed by atoms with Gasteiger partial charge < -0.3 is 5.11 Å². The fourth-order valence-electron chi connectivity index (χ4n) is 3.59. The van der Waals surface area contributed by atoms with Crippen LogP contribution in [0.1, 0.15) is 29.3 Å². The van der Waals surface area contributed by atoms with E-state index in [1.165, 1.54) is 12.1 Å². The van der Waals surface area contributed by atoms with E-state index in [1.54, 1.807) is 49.4 Å². The van der Waals surface area contributed by atoms with Crippen molar-refractivity contribution in [2.45, 2.75) is 37.3 Å². The molecular formula is C20H22NO6S+. The highest BCUT2D eigenvalue weighted by molar-refractivity contribution is 7.86. The van der Waals surface area contributed by atoms with Crippen molar-refractivity contribution in [1.29, 1.82) is 0 Å². The Labute approximate surface area is 163 Å². The van der Waals surface area contributed by atoms with Gasteiger partial charge in [0.1, 0.15) is 18.7 Å². The Hall–Kier alpha value is -2.55. The third kappa shape index (κ3) is 3.58. The van der Waals surface area contributed by atoms with E-state index in [-0.39, 0.29) is 23.4 Å². The number of rotatable bonds is 4. The second-order valence-electron chi connectivity index (χ2n) is 7.08. The van der Waals surface area contributed by atoms with E-state index in [1.807, 2.05) is 6.92 Å². The lowest BCUT2D eigenvalue weighted by Gasteiger charge is -2.29. The van der Waals surface area contributed by atoms with Crippen LogP contribution in [0.2, 0.25) is 0 Å². The number of carboxylic acid groups (broad SMARTS) is 1. The second-order valence-corrected chi connectivity index (χ2v) is 8.65. The third-order valence-electron chi connectivity index (χ3n) is 5.14. The molecule has 2 aromatic rings. The first kappa shape index (κ1) is 20.2. The molecule has 0 unspecified atom stereocenters. The van der Waals surface area contributed by atoms with Crippen molar-refractivity contribution < 1.29 is 31.8 Å². The van der Waals surface area contributed by atoms with Gasteiger partial charge in [-0.1, -0.05) is 35.9 Å². The second kappa shape index (κ2) is 7.46. The van der Waals surface area contributed by atoms with Gasteiger partial charge in [0.15, 0.2) is 0 Å². The first-order chi connectivity index (χ1) is 13.2. The summed E-state index contributed by atoms with van der Waals surface area (Å²) in [6.07, 6.45) is -2.10. The number of hydrogen-bond acceptors (Lipinski definition) is 5. The minimum Gasteiger partial charge on any atom is -0.435 e. The maximum Gasteiger partial charge on any atom is 0.521 e. The normalized spacial score (nSPS) is 24.8. The summed E-state index contributed by atoms with van der Waals surface area (Å²) < 4.78 is 29.6. The summed E-state index contributed by atoms with van der Waals surface area (Å²) in [5.41, 5.74) is 1.17. The number of hydrogen-bond donors (Lipinski definition) is 1. The summed E-state index contributed by atoms with van der Waals surface area (Å²) >= 11 is 0. The summed E-state index contributed by atoms with van der Waals surface area (Å²) in [5, 5.41) is 9.88. The Bertz CT molecular complexity index is 987. The van der Waals surface area contributed by atoms with Crippen molar-refractivity contribution in [2.75, 3.05) is 6.54 Å². The van der Waals surface area contributed by atoms with Crippen molar-refractivity contribution in [3.05, 3.63) is 65.7 Å². The van der Waals surface area contributed by atoms with Crippen LogP contribution in [0.4, 0.5) is 4.79 Å². The van der Waals surface area contributed by atoms with Crippen LogP contribution in [0.15, 0.2) is 59.5 Å². The Kier molecular flexibility index (Phi) is 5.38. The lowest BCUT2D eigenvalue weighted by atomic mass is 10.1. The van der Waals surface area contributed by atoms with E-state index < -0.39 is 38.7 Å². The molecule has 0 bridgehead atoms. The summed E-state index contributed by atoms with van der Waals surface area (Å²) in [6.45, 7) is 3.20. The fourth-order valence-corrected chi connectivity index (χ4v) is 4.67. The van der Waals surface area contributed by atoms with Gasteiger partial charge in [-0.25, -0.2) is 4.79 Å². The van der Waals surface area contributed by atoms with Crippen molar-refractivity contribution in [1.82, 2.24) is 0 Å². The predicted octanol–water partition coefficient (Wildman–Crippen LogP) is 3.20. The molecule has 28 heavy (non-hydrogen) atoms. The number of aryl methyl sites for hydroxylation is 1. The fraction of sp³-hybridized carbons (Fsp3) is 0.300. The number of benzene rings is 2. The molecule has 1 aliphatic rings. The van der Waals surface area contributed by atoms with E-state index in [4.69, 9.17) is 4.18 Å². The molecule has 148 valence electrons. The van der Waals surface area contributed by atoms with Gasteiger partial charge in [0, 0.05) is 6.42 Å². The highest BCUT2D eigenvalue weighted by Crippen LogP contribution is 2.33. The predicted molar refractivity (Wildman–Crippen MR) is 101 cm³/mol. The molecule has 3 rings (SSSR count). The van der Waals surface area contributed by atoms with Gasteiger partial charge in [-0.05, 0) is 38.1 Å². The number of nitrogens with zero attached hydrogens (tertiary/aromatic N) is 1. The molecule has 3 atom stereocenters. The van der Waals surface area contributed by atoms with Gasteiger partial charge in [-0.2, -0.15) is 17.7 Å². The molecule has 0 saturated carbocycles. The minimum absolute atomic E-state index is 0.000430. The van der Waals surface area contributed by atoms with Crippen molar-refractivity contribution in [3.63, 3.8) is 0 Å². The molecule has 1 aliphatic heterocycles. The Morgan fingerprint density at radius 1 is 1.07 bits per heavy atom. The van der Waals surface area contributed by atoms with Crippen molar-refractivity contribution in [3.8, 4) is 0 Å². The van der Waals surface area contributed by atoms with Crippen molar-refractivity contribution >= 4 is 22.1 Å². The molecule has 2 aromatic carbocycles. The number of carbonyl (C=O) groups is 2. The number of carbonyl (C=O) groups excluding carboxylic acids is 1. The molecule has 0 aromatic heterocycles. The number of quaternary nitrogens is 1. The van der Waals surface area contributed by atoms with Gasteiger partial charge in [0.25, 0.3) is 10.1 Å². The molecule has 2 amide bonds. The zero-order chi connectivity index (χ0) is 20.5. The van der Waals surface area contributed by atoms with Crippen LogP contribution in [-0.4, -0.2) is 48.7 Å². The highest BCUT2D eigenvalue weighted by Gasteiger charge is 2.58. The van der Waals surface area contributed by atoms with Crippen LogP contribution in [0, 0.1) is 6.92 Å². The molecule has 0 radical (unpaired) electrons. The van der Waals surface area contributed by atoms with Gasteiger partial charge in [0.05, 0.1) is 10.5 Å². The SMILES string of the molecule is Cc1ccc(S(=O)(=O)O[C@@H]2C[C@@H](C)[N@@+](C(=O)O)(C(=O)c3ccccc3)C2)cc1. The lowest BCUT2D eigenvalue weighted by molar-refractivity contribution is -0.787. The van der Waals surface area contributed by atoms with Crippen molar-refractivity contribution in [2.24, 2.45) is 0 Å². The van der Waals surface area contributed by atoms with E-state index in [2.05, 4.69) is 0 Å². The lowest BCUT2D eigenvalue weighted by Crippen LogP contribution is -2.59. The zero-order valence-corrected chi connectivity index (χ0v) is 16.4. The summed E-state index contributed by atoms with van der Waals surface area (Å²) in [7, 11) is -4.06. The van der Waals surface area contributed by atoms with Crippen LogP contribution in [0.3, 0.4) is 0 Å². The van der Waals surface area contributed by atoms with Crippen LogP contribution in [-0.2, 0) is 14.3 Å². The molecule has 7 nitrogen and oxygen atoms in total. The van der Waals surface area contributed by atoms with E-state index in [0.29, 0.717) is 0 Å². The van der Waals surface area contributed by atoms with E-state index in [9.17, 15) is 23.1 Å². The van der Waals surface area contributed by atoms with Crippen LogP contribution in [0.5, 0.6) is 0 Å². The quantitative estimate of drug-likeness (QED) is 0.621. The number of likely N-dealkylation sites (tertiary alicyclic amines) is 1. The molecular weight excluding hydrogens is 382 g/mol. The minimum atomic E-state index is -4.06. The van der Waals surface area contributed by atoms with Gasteiger partial charge in [0.2, 0.25) is 0 Å². The third-order valence-corrected chi connectivity index (χ3v) is 6.52. The van der Waals surface area contributed by atoms with Crippen LogP contribution in [0.25, 0.3) is 0 Å². The molecule has 1 saturated heterocycles. The summed E-state index contributed by atoms with van der Waals surface area (Å²) in [5.74, 6) is -0.584. The molecule has 1 heterocycles. The first-order valence-corrected chi connectivity index (χ1v) is 10.3. The highest BCUT2D eigenvalue weighted by atomic mass is 32.2. The molecule has 1 N–H and O–H groups in total. The Balaban J connectivity index is 1.88. The van der Waals surface area contributed by atoms with Gasteiger partial charge >= 0.3 is 12.0 Å². The average Bonchev–Trinajstić information content (AvgIpc) is 2.98. The Morgan fingerprint density at radius 3 is 2.25 bits per heavy atom. The first-order valence-electron chi connectivity index (χ1n) is 8.88. The molecule has 1 fully saturated rings. The van der Waals surface area contributed by atoms with Gasteiger partial charge in [-0.15, -0.1) is 0 Å². The monoisotopic (exact) mass is 404 g/mol. The largest absolute Gasteiger partial charge is 0.521 e. The summed E-state index contributed by atoms with van der Waals surface area (Å²) in [4.78, 5) is 25.1. The number of imide groups is 1. The zero-order valence-electron chi connectivity index (χ0n) is 15.6. The van der Waals surface area contributed by atoms with E-state index in [0.717, 1.165) is 5.56 Å². The maximum absolute atomic E-state index is 13.0. The topological polar surface area (TPSA) is 97.7 Å². The smallest absolute Gasteiger partial charge is 0.435 e. The van der Waals surface area contributed by atoms with Crippen LogP contribution < -0.4 is 0 Å².